The van der Waals surface area contributed by atoms with Gasteiger partial charge in [0.1, 0.15) is 0 Å². The first-order valence-corrected chi connectivity index (χ1v) is 8.34. The number of hydrogen-bond acceptors (Lipinski definition) is 6. The van der Waals surface area contributed by atoms with Crippen molar-refractivity contribution in [3.63, 3.8) is 0 Å². The summed E-state index contributed by atoms with van der Waals surface area (Å²) in [4.78, 5) is 0. The van der Waals surface area contributed by atoms with Gasteiger partial charge in [0.2, 0.25) is 5.75 Å². The standard InChI is InChI=1S/C20H27NO5/c1-22-16-9-7-13(10-17(16)23-2)6-8-15(21)14-11-18(24-3)20(26-5)19(12-14)25-4/h7,9-12,15H,6,8,21H2,1-5H3. The van der Waals surface area contributed by atoms with Crippen molar-refractivity contribution >= 4 is 0 Å². The van der Waals surface area contributed by atoms with Crippen molar-refractivity contribution in [3.05, 3.63) is 41.5 Å². The van der Waals surface area contributed by atoms with E-state index in [1.54, 1.807) is 35.5 Å². The summed E-state index contributed by atoms with van der Waals surface area (Å²) in [5, 5.41) is 0. The fourth-order valence-corrected chi connectivity index (χ4v) is 2.84. The van der Waals surface area contributed by atoms with E-state index in [0.29, 0.717) is 28.7 Å². The molecule has 0 spiro atoms. The SMILES string of the molecule is COc1ccc(CCC(N)c2cc(OC)c(OC)c(OC)c2)cc1OC. The molecular formula is C20H27NO5. The zero-order valence-electron chi connectivity index (χ0n) is 16.0. The molecule has 1 atom stereocenters. The first kappa shape index (κ1) is 19.7. The van der Waals surface area contributed by atoms with Gasteiger partial charge in [0.05, 0.1) is 35.5 Å². The Morgan fingerprint density at radius 3 is 1.81 bits per heavy atom. The Kier molecular flexibility index (Phi) is 6.97. The van der Waals surface area contributed by atoms with Gasteiger partial charge < -0.3 is 29.4 Å². The van der Waals surface area contributed by atoms with Crippen molar-refractivity contribution < 1.29 is 23.7 Å². The third-order valence-corrected chi connectivity index (χ3v) is 4.31. The Morgan fingerprint density at radius 2 is 1.31 bits per heavy atom. The fourth-order valence-electron chi connectivity index (χ4n) is 2.84. The molecule has 0 heterocycles. The van der Waals surface area contributed by atoms with Crippen LogP contribution in [0.3, 0.4) is 0 Å². The Bertz CT molecular complexity index is 707. The minimum Gasteiger partial charge on any atom is -0.493 e. The van der Waals surface area contributed by atoms with Crippen molar-refractivity contribution in [1.29, 1.82) is 0 Å². The smallest absolute Gasteiger partial charge is 0.203 e. The highest BCUT2D eigenvalue weighted by Crippen LogP contribution is 2.40. The molecule has 0 aliphatic carbocycles. The predicted octanol–water partition coefficient (Wildman–Crippen LogP) is 3.36. The second kappa shape index (κ2) is 9.20. The van der Waals surface area contributed by atoms with E-state index in [2.05, 4.69) is 0 Å². The number of nitrogens with two attached hydrogens (primary N) is 1. The monoisotopic (exact) mass is 361 g/mol. The highest BCUT2D eigenvalue weighted by atomic mass is 16.5. The summed E-state index contributed by atoms with van der Waals surface area (Å²) in [6, 6.07) is 9.50. The van der Waals surface area contributed by atoms with Crippen LogP contribution in [0, 0.1) is 0 Å². The average molecular weight is 361 g/mol. The van der Waals surface area contributed by atoms with Crippen molar-refractivity contribution in [2.45, 2.75) is 18.9 Å². The summed E-state index contributed by atoms with van der Waals surface area (Å²) < 4.78 is 26.8. The van der Waals surface area contributed by atoms with Crippen LogP contribution in [-0.4, -0.2) is 35.5 Å². The van der Waals surface area contributed by atoms with Crippen molar-refractivity contribution in [2.75, 3.05) is 35.5 Å². The molecule has 0 radical (unpaired) electrons. The molecule has 2 N–H and O–H groups in total. The van der Waals surface area contributed by atoms with Gasteiger partial charge in [-0.05, 0) is 48.2 Å². The van der Waals surface area contributed by atoms with Crippen LogP contribution < -0.4 is 29.4 Å². The molecule has 6 nitrogen and oxygen atoms in total. The lowest BCUT2D eigenvalue weighted by Crippen LogP contribution is -2.12. The Morgan fingerprint density at radius 1 is 0.731 bits per heavy atom. The summed E-state index contributed by atoms with van der Waals surface area (Å²) in [6.07, 6.45) is 1.56. The molecule has 2 aromatic carbocycles. The Hall–Kier alpha value is -2.60. The number of aryl methyl sites for hydroxylation is 1. The quantitative estimate of drug-likeness (QED) is 0.738. The molecule has 0 amide bonds. The maximum atomic E-state index is 6.40. The molecule has 6 heteroatoms. The normalized spacial score (nSPS) is 11.6. The Labute approximate surface area is 154 Å². The van der Waals surface area contributed by atoms with Crippen LogP contribution in [0.25, 0.3) is 0 Å². The molecule has 0 aromatic heterocycles. The largest absolute Gasteiger partial charge is 0.493 e. The summed E-state index contributed by atoms with van der Waals surface area (Å²) in [6.45, 7) is 0. The first-order valence-electron chi connectivity index (χ1n) is 8.34. The Balaban J connectivity index is 2.16. The average Bonchev–Trinajstić information content (AvgIpc) is 2.70. The van der Waals surface area contributed by atoms with E-state index in [9.17, 15) is 0 Å². The first-order chi connectivity index (χ1) is 12.6. The predicted molar refractivity (Wildman–Crippen MR) is 101 cm³/mol. The highest BCUT2D eigenvalue weighted by molar-refractivity contribution is 5.54. The van der Waals surface area contributed by atoms with Crippen LogP contribution in [0.5, 0.6) is 28.7 Å². The molecule has 2 rings (SSSR count). The molecule has 142 valence electrons. The van der Waals surface area contributed by atoms with E-state index in [1.165, 1.54) is 0 Å². The van der Waals surface area contributed by atoms with Crippen LogP contribution in [0.1, 0.15) is 23.6 Å². The van der Waals surface area contributed by atoms with Crippen molar-refractivity contribution in [1.82, 2.24) is 0 Å². The maximum absolute atomic E-state index is 6.40. The second-order valence-corrected chi connectivity index (χ2v) is 5.79. The van der Waals surface area contributed by atoms with E-state index >= 15 is 0 Å². The van der Waals surface area contributed by atoms with Gasteiger partial charge in [0, 0.05) is 6.04 Å². The summed E-state index contributed by atoms with van der Waals surface area (Å²) in [7, 11) is 8.02. The van der Waals surface area contributed by atoms with Crippen molar-refractivity contribution in [2.24, 2.45) is 5.73 Å². The lowest BCUT2D eigenvalue weighted by atomic mass is 9.98. The van der Waals surface area contributed by atoms with Gasteiger partial charge in [0.15, 0.2) is 23.0 Å². The number of benzene rings is 2. The van der Waals surface area contributed by atoms with Crippen molar-refractivity contribution in [3.8, 4) is 28.7 Å². The summed E-state index contributed by atoms with van der Waals surface area (Å²) >= 11 is 0. The number of ether oxygens (including phenoxy) is 5. The molecule has 0 fully saturated rings. The minimum absolute atomic E-state index is 0.170. The van der Waals surface area contributed by atoms with E-state index in [4.69, 9.17) is 29.4 Å². The molecule has 0 aliphatic rings. The van der Waals surface area contributed by atoms with E-state index in [1.807, 2.05) is 30.3 Å². The van der Waals surface area contributed by atoms with Gasteiger partial charge in [-0.2, -0.15) is 0 Å². The maximum Gasteiger partial charge on any atom is 0.203 e. The van der Waals surface area contributed by atoms with Gasteiger partial charge >= 0.3 is 0 Å². The van der Waals surface area contributed by atoms with Crippen LogP contribution in [-0.2, 0) is 6.42 Å². The summed E-state index contributed by atoms with van der Waals surface area (Å²) in [5.74, 6) is 3.19. The molecule has 0 saturated carbocycles. The summed E-state index contributed by atoms with van der Waals surface area (Å²) in [5.41, 5.74) is 8.46. The third kappa shape index (κ3) is 4.32. The number of rotatable bonds is 9. The molecule has 0 saturated heterocycles. The topological polar surface area (TPSA) is 72.2 Å². The van der Waals surface area contributed by atoms with Crippen LogP contribution in [0.15, 0.2) is 30.3 Å². The molecule has 1 unspecified atom stereocenters. The highest BCUT2D eigenvalue weighted by Gasteiger charge is 2.17. The molecule has 0 aliphatic heterocycles. The second-order valence-electron chi connectivity index (χ2n) is 5.79. The van der Waals surface area contributed by atoms with Crippen LogP contribution >= 0.6 is 0 Å². The molecule has 0 bridgehead atoms. The molecular weight excluding hydrogens is 334 g/mol. The molecule has 26 heavy (non-hydrogen) atoms. The lowest BCUT2D eigenvalue weighted by Gasteiger charge is -2.18. The van der Waals surface area contributed by atoms with E-state index < -0.39 is 0 Å². The minimum atomic E-state index is -0.170. The van der Waals surface area contributed by atoms with Gasteiger partial charge in [-0.15, -0.1) is 0 Å². The van der Waals surface area contributed by atoms with E-state index in [0.717, 1.165) is 24.0 Å². The van der Waals surface area contributed by atoms with E-state index in [-0.39, 0.29) is 6.04 Å². The number of hydrogen-bond donors (Lipinski definition) is 1. The fraction of sp³-hybridized carbons (Fsp3) is 0.400. The van der Waals surface area contributed by atoms with Gasteiger partial charge in [-0.25, -0.2) is 0 Å². The molecule has 2 aromatic rings. The van der Waals surface area contributed by atoms with Gasteiger partial charge in [-0.1, -0.05) is 6.07 Å². The van der Waals surface area contributed by atoms with Crippen LogP contribution in [0.2, 0.25) is 0 Å². The zero-order valence-corrected chi connectivity index (χ0v) is 16.0. The van der Waals surface area contributed by atoms with Gasteiger partial charge in [0.25, 0.3) is 0 Å². The number of methoxy groups -OCH3 is 5. The van der Waals surface area contributed by atoms with Crippen LogP contribution in [0.4, 0.5) is 0 Å². The third-order valence-electron chi connectivity index (χ3n) is 4.31. The van der Waals surface area contributed by atoms with Gasteiger partial charge in [-0.3, -0.25) is 0 Å². The lowest BCUT2D eigenvalue weighted by molar-refractivity contribution is 0.323. The zero-order chi connectivity index (χ0) is 19.1.